The van der Waals surface area contributed by atoms with Crippen LogP contribution in [0.25, 0.3) is 0 Å². The lowest BCUT2D eigenvalue weighted by molar-refractivity contribution is -0.108. The van der Waals surface area contributed by atoms with Gasteiger partial charge >= 0.3 is 0 Å². The van der Waals surface area contributed by atoms with Gasteiger partial charge in [0.1, 0.15) is 6.29 Å². The Morgan fingerprint density at radius 3 is 2.79 bits per heavy atom. The Morgan fingerprint density at radius 2 is 2.07 bits per heavy atom. The SMILES string of the molecule is O=CCCOCCCC1CCNCC1. The van der Waals surface area contributed by atoms with Gasteiger partial charge in [-0.1, -0.05) is 0 Å². The Bertz CT molecular complexity index is 144. The van der Waals surface area contributed by atoms with Crippen LogP contribution in [0.2, 0.25) is 0 Å². The van der Waals surface area contributed by atoms with E-state index in [1.54, 1.807) is 0 Å². The van der Waals surface area contributed by atoms with Gasteiger partial charge in [0, 0.05) is 13.0 Å². The molecule has 1 aliphatic rings. The summed E-state index contributed by atoms with van der Waals surface area (Å²) in [6.45, 7) is 3.76. The van der Waals surface area contributed by atoms with Crippen LogP contribution in [0.5, 0.6) is 0 Å². The predicted molar refractivity (Wildman–Crippen MR) is 56.3 cm³/mol. The van der Waals surface area contributed by atoms with Gasteiger partial charge in [-0.15, -0.1) is 0 Å². The molecule has 1 N–H and O–H groups in total. The Morgan fingerprint density at radius 1 is 1.29 bits per heavy atom. The van der Waals surface area contributed by atoms with E-state index in [2.05, 4.69) is 5.32 Å². The second-order valence-corrected chi connectivity index (χ2v) is 3.90. The van der Waals surface area contributed by atoms with E-state index in [0.29, 0.717) is 13.0 Å². The van der Waals surface area contributed by atoms with Crippen molar-refractivity contribution in [3.05, 3.63) is 0 Å². The summed E-state index contributed by atoms with van der Waals surface area (Å²) < 4.78 is 5.32. The highest BCUT2D eigenvalue weighted by molar-refractivity contribution is 5.49. The molecule has 0 aromatic carbocycles. The summed E-state index contributed by atoms with van der Waals surface area (Å²) in [4.78, 5) is 10.00. The van der Waals surface area contributed by atoms with Gasteiger partial charge in [-0.2, -0.15) is 0 Å². The third-order valence-electron chi connectivity index (χ3n) is 2.74. The standard InChI is InChI=1S/C11H21NO2/c13-8-2-10-14-9-1-3-11-4-6-12-7-5-11/h8,11-12H,1-7,9-10H2. The molecule has 14 heavy (non-hydrogen) atoms. The molecule has 0 aromatic heterocycles. The second kappa shape index (κ2) is 7.94. The Labute approximate surface area is 86.2 Å². The van der Waals surface area contributed by atoms with E-state index < -0.39 is 0 Å². The van der Waals surface area contributed by atoms with Crippen molar-refractivity contribution in [2.75, 3.05) is 26.3 Å². The van der Waals surface area contributed by atoms with Crippen molar-refractivity contribution in [1.82, 2.24) is 5.32 Å². The van der Waals surface area contributed by atoms with Crippen LogP contribution in [0.4, 0.5) is 0 Å². The van der Waals surface area contributed by atoms with Crippen LogP contribution in [0.1, 0.15) is 32.1 Å². The summed E-state index contributed by atoms with van der Waals surface area (Å²) in [7, 11) is 0. The molecule has 0 radical (unpaired) electrons. The monoisotopic (exact) mass is 199 g/mol. The maximum atomic E-state index is 10.00. The molecule has 3 nitrogen and oxygen atoms in total. The first-order chi connectivity index (χ1) is 6.93. The van der Waals surface area contributed by atoms with Gasteiger partial charge in [0.2, 0.25) is 0 Å². The number of hydrogen-bond donors (Lipinski definition) is 1. The fraction of sp³-hybridized carbons (Fsp3) is 0.909. The summed E-state index contributed by atoms with van der Waals surface area (Å²) in [6.07, 6.45) is 6.50. The first-order valence-corrected chi connectivity index (χ1v) is 5.65. The number of carbonyl (C=O) groups excluding carboxylic acids is 1. The first-order valence-electron chi connectivity index (χ1n) is 5.65. The van der Waals surface area contributed by atoms with E-state index in [1.807, 2.05) is 0 Å². The van der Waals surface area contributed by atoms with Gasteiger partial charge in [0.25, 0.3) is 0 Å². The van der Waals surface area contributed by atoms with E-state index in [1.165, 1.54) is 32.4 Å². The minimum atomic E-state index is 0.535. The Balaban J connectivity index is 1.85. The molecule has 0 aromatic rings. The number of ether oxygens (including phenoxy) is 1. The summed E-state index contributed by atoms with van der Waals surface area (Å²) in [5.41, 5.74) is 0. The molecule has 0 bridgehead atoms. The minimum absolute atomic E-state index is 0.535. The van der Waals surface area contributed by atoms with Crippen molar-refractivity contribution in [2.45, 2.75) is 32.1 Å². The lowest BCUT2D eigenvalue weighted by Gasteiger charge is -2.22. The number of hydrogen-bond acceptors (Lipinski definition) is 3. The van der Waals surface area contributed by atoms with Gasteiger partial charge in [0.05, 0.1) is 6.61 Å². The maximum absolute atomic E-state index is 10.00. The highest BCUT2D eigenvalue weighted by Gasteiger charge is 2.11. The minimum Gasteiger partial charge on any atom is -0.381 e. The smallest absolute Gasteiger partial charge is 0.122 e. The molecule has 1 heterocycles. The molecule has 1 saturated heterocycles. The maximum Gasteiger partial charge on any atom is 0.122 e. The van der Waals surface area contributed by atoms with Gasteiger partial charge in [-0.05, 0) is 44.7 Å². The summed E-state index contributed by atoms with van der Waals surface area (Å²) in [6, 6.07) is 0. The zero-order valence-electron chi connectivity index (χ0n) is 8.84. The third kappa shape index (κ3) is 5.35. The van der Waals surface area contributed by atoms with E-state index in [-0.39, 0.29) is 0 Å². The number of rotatable bonds is 7. The molecule has 1 rings (SSSR count). The normalized spacial score (nSPS) is 18.3. The zero-order valence-corrected chi connectivity index (χ0v) is 8.84. The molecule has 0 spiro atoms. The van der Waals surface area contributed by atoms with Crippen molar-refractivity contribution < 1.29 is 9.53 Å². The van der Waals surface area contributed by atoms with Crippen molar-refractivity contribution >= 4 is 6.29 Å². The summed E-state index contributed by atoms with van der Waals surface area (Å²) in [5, 5.41) is 3.36. The highest BCUT2D eigenvalue weighted by atomic mass is 16.5. The van der Waals surface area contributed by atoms with Gasteiger partial charge in [-0.25, -0.2) is 0 Å². The van der Waals surface area contributed by atoms with Crippen LogP contribution in [0.15, 0.2) is 0 Å². The number of aldehydes is 1. The zero-order chi connectivity index (χ0) is 10.1. The molecule has 0 amide bonds. The number of carbonyl (C=O) groups is 1. The van der Waals surface area contributed by atoms with Crippen molar-refractivity contribution in [3.8, 4) is 0 Å². The molecule has 0 atom stereocenters. The van der Waals surface area contributed by atoms with E-state index in [9.17, 15) is 4.79 Å². The van der Waals surface area contributed by atoms with Crippen LogP contribution in [-0.2, 0) is 9.53 Å². The van der Waals surface area contributed by atoms with Crippen LogP contribution < -0.4 is 5.32 Å². The highest BCUT2D eigenvalue weighted by Crippen LogP contribution is 2.17. The topological polar surface area (TPSA) is 38.3 Å². The van der Waals surface area contributed by atoms with Crippen molar-refractivity contribution in [2.24, 2.45) is 5.92 Å². The van der Waals surface area contributed by atoms with E-state index in [0.717, 1.165) is 25.2 Å². The molecule has 1 fully saturated rings. The Kier molecular flexibility index (Phi) is 6.62. The number of piperidine rings is 1. The lowest BCUT2D eigenvalue weighted by atomic mass is 9.93. The van der Waals surface area contributed by atoms with E-state index >= 15 is 0 Å². The molecule has 0 saturated carbocycles. The van der Waals surface area contributed by atoms with Gasteiger partial charge in [-0.3, -0.25) is 0 Å². The molecule has 0 unspecified atom stereocenters. The van der Waals surface area contributed by atoms with Crippen LogP contribution in [0, 0.1) is 5.92 Å². The van der Waals surface area contributed by atoms with E-state index in [4.69, 9.17) is 4.74 Å². The molecular weight excluding hydrogens is 178 g/mol. The summed E-state index contributed by atoms with van der Waals surface area (Å²) >= 11 is 0. The quantitative estimate of drug-likeness (QED) is 0.497. The fourth-order valence-corrected chi connectivity index (χ4v) is 1.88. The van der Waals surface area contributed by atoms with Crippen molar-refractivity contribution in [3.63, 3.8) is 0 Å². The van der Waals surface area contributed by atoms with Gasteiger partial charge < -0.3 is 14.8 Å². The lowest BCUT2D eigenvalue weighted by Crippen LogP contribution is -2.27. The number of nitrogens with one attached hydrogen (secondary N) is 1. The first kappa shape index (κ1) is 11.7. The molecule has 3 heteroatoms. The molecule has 0 aliphatic carbocycles. The van der Waals surface area contributed by atoms with Crippen LogP contribution in [-0.4, -0.2) is 32.6 Å². The molecule has 82 valence electrons. The van der Waals surface area contributed by atoms with Crippen LogP contribution in [0.3, 0.4) is 0 Å². The predicted octanol–water partition coefficient (Wildman–Crippen LogP) is 1.37. The Hall–Kier alpha value is -0.410. The molecule has 1 aliphatic heterocycles. The van der Waals surface area contributed by atoms with Crippen molar-refractivity contribution in [1.29, 1.82) is 0 Å². The second-order valence-electron chi connectivity index (χ2n) is 3.90. The third-order valence-corrected chi connectivity index (χ3v) is 2.74. The molecular formula is C11H21NO2. The van der Waals surface area contributed by atoms with Crippen LogP contribution >= 0.6 is 0 Å². The largest absolute Gasteiger partial charge is 0.381 e. The average Bonchev–Trinajstić information content (AvgIpc) is 2.25. The fourth-order valence-electron chi connectivity index (χ4n) is 1.88. The average molecular weight is 199 g/mol. The van der Waals surface area contributed by atoms with Gasteiger partial charge in [0.15, 0.2) is 0 Å². The summed E-state index contributed by atoms with van der Waals surface area (Å²) in [5.74, 6) is 0.894.